The van der Waals surface area contributed by atoms with Gasteiger partial charge in [0.15, 0.2) is 0 Å². The summed E-state index contributed by atoms with van der Waals surface area (Å²) in [5.74, 6) is -1.11. The number of hydrogen-bond donors (Lipinski definition) is 3. The summed E-state index contributed by atoms with van der Waals surface area (Å²) in [5.41, 5.74) is 0.469. The molecule has 0 aromatic carbocycles. The molecule has 76 valence electrons. The molecule has 0 aliphatic carbocycles. The lowest BCUT2D eigenvalue weighted by Crippen LogP contribution is -2.19. The summed E-state index contributed by atoms with van der Waals surface area (Å²) in [6, 6.07) is 0. The molecule has 0 saturated heterocycles. The Bertz CT molecular complexity index is 376. The van der Waals surface area contributed by atoms with E-state index in [1.54, 1.807) is 0 Å². The van der Waals surface area contributed by atoms with Gasteiger partial charge >= 0.3 is 12.1 Å². The van der Waals surface area contributed by atoms with Crippen LogP contribution in [0.2, 0.25) is 5.02 Å². The van der Waals surface area contributed by atoms with E-state index in [2.05, 4.69) is 5.32 Å². The van der Waals surface area contributed by atoms with Gasteiger partial charge in [0.1, 0.15) is 4.88 Å². The molecular formula is C7H6ClNO4S. The Morgan fingerprint density at radius 1 is 1.50 bits per heavy atom. The van der Waals surface area contributed by atoms with Crippen molar-refractivity contribution in [1.82, 2.24) is 5.32 Å². The van der Waals surface area contributed by atoms with E-state index in [1.807, 2.05) is 0 Å². The van der Waals surface area contributed by atoms with Crippen LogP contribution in [-0.2, 0) is 6.54 Å². The molecule has 0 unspecified atom stereocenters. The zero-order valence-electron chi connectivity index (χ0n) is 6.78. The van der Waals surface area contributed by atoms with Crippen molar-refractivity contribution in [3.63, 3.8) is 0 Å². The Balaban J connectivity index is 2.79. The summed E-state index contributed by atoms with van der Waals surface area (Å²) in [7, 11) is 0. The number of carboxylic acids is 1. The number of thiophene rings is 1. The average Bonchev–Trinajstić information content (AvgIpc) is 2.43. The van der Waals surface area contributed by atoms with Crippen LogP contribution in [0, 0.1) is 0 Å². The molecule has 3 N–H and O–H groups in total. The van der Waals surface area contributed by atoms with Crippen LogP contribution in [0.5, 0.6) is 0 Å². The molecule has 5 nitrogen and oxygen atoms in total. The van der Waals surface area contributed by atoms with Gasteiger partial charge < -0.3 is 15.5 Å². The summed E-state index contributed by atoms with van der Waals surface area (Å²) in [5, 5.41) is 20.7. The van der Waals surface area contributed by atoms with Gasteiger partial charge in [0.2, 0.25) is 0 Å². The van der Waals surface area contributed by atoms with Crippen LogP contribution in [0.1, 0.15) is 15.2 Å². The minimum absolute atomic E-state index is 0.0119. The van der Waals surface area contributed by atoms with Crippen molar-refractivity contribution < 1.29 is 19.8 Å². The molecule has 0 spiro atoms. The predicted octanol–water partition coefficient (Wildman–Crippen LogP) is 1.87. The van der Waals surface area contributed by atoms with E-state index in [0.29, 0.717) is 5.56 Å². The first-order valence-electron chi connectivity index (χ1n) is 3.48. The van der Waals surface area contributed by atoms with E-state index in [1.165, 1.54) is 5.38 Å². The Hall–Kier alpha value is -1.27. The predicted molar refractivity (Wildman–Crippen MR) is 51.2 cm³/mol. The third kappa shape index (κ3) is 2.36. The summed E-state index contributed by atoms with van der Waals surface area (Å²) < 4.78 is 0. The van der Waals surface area contributed by atoms with Crippen LogP contribution in [-0.4, -0.2) is 22.3 Å². The maximum atomic E-state index is 10.6. The van der Waals surface area contributed by atoms with Crippen molar-refractivity contribution in [2.75, 3.05) is 0 Å². The fourth-order valence-corrected chi connectivity index (χ4v) is 2.01. The van der Waals surface area contributed by atoms with Crippen molar-refractivity contribution in [1.29, 1.82) is 0 Å². The molecule has 1 heterocycles. The zero-order chi connectivity index (χ0) is 10.7. The molecule has 0 bridgehead atoms. The first kappa shape index (κ1) is 10.8. The lowest BCUT2D eigenvalue weighted by molar-refractivity contribution is 0.0702. The van der Waals surface area contributed by atoms with Gasteiger partial charge in [-0.3, -0.25) is 0 Å². The highest BCUT2D eigenvalue weighted by molar-refractivity contribution is 7.12. The van der Waals surface area contributed by atoms with Gasteiger partial charge in [0, 0.05) is 12.1 Å². The van der Waals surface area contributed by atoms with Gasteiger partial charge in [-0.15, -0.1) is 11.3 Å². The highest BCUT2D eigenvalue weighted by atomic mass is 35.5. The van der Waals surface area contributed by atoms with Gasteiger partial charge in [-0.2, -0.15) is 0 Å². The van der Waals surface area contributed by atoms with Gasteiger partial charge in [-0.1, -0.05) is 11.6 Å². The molecule has 0 aliphatic heterocycles. The first-order valence-corrected chi connectivity index (χ1v) is 4.74. The molecule has 0 saturated carbocycles. The second-order valence-electron chi connectivity index (χ2n) is 2.37. The second-order valence-corrected chi connectivity index (χ2v) is 3.63. The minimum atomic E-state index is -1.18. The summed E-state index contributed by atoms with van der Waals surface area (Å²) in [6.45, 7) is 0.0119. The van der Waals surface area contributed by atoms with E-state index >= 15 is 0 Å². The Morgan fingerprint density at radius 3 is 2.57 bits per heavy atom. The highest BCUT2D eigenvalue weighted by Gasteiger charge is 2.15. The second kappa shape index (κ2) is 4.30. The molecule has 1 aromatic rings. The maximum Gasteiger partial charge on any atom is 0.404 e. The van der Waals surface area contributed by atoms with Gasteiger partial charge in [0.05, 0.1) is 5.02 Å². The molecule has 0 fully saturated rings. The van der Waals surface area contributed by atoms with Gasteiger partial charge in [-0.25, -0.2) is 9.59 Å². The van der Waals surface area contributed by atoms with Crippen molar-refractivity contribution in [2.24, 2.45) is 0 Å². The number of aromatic carboxylic acids is 1. The molecule has 7 heteroatoms. The lowest BCUT2D eigenvalue weighted by atomic mass is 10.3. The molecular weight excluding hydrogens is 230 g/mol. The van der Waals surface area contributed by atoms with Gasteiger partial charge in [0.25, 0.3) is 0 Å². The van der Waals surface area contributed by atoms with E-state index in [-0.39, 0.29) is 16.4 Å². The van der Waals surface area contributed by atoms with E-state index in [4.69, 9.17) is 21.8 Å². The smallest absolute Gasteiger partial charge is 0.404 e. The van der Waals surface area contributed by atoms with E-state index < -0.39 is 12.1 Å². The van der Waals surface area contributed by atoms with Crippen molar-refractivity contribution in [2.45, 2.75) is 6.54 Å². The van der Waals surface area contributed by atoms with Crippen molar-refractivity contribution >= 4 is 35.0 Å². The topological polar surface area (TPSA) is 86.6 Å². The van der Waals surface area contributed by atoms with Crippen LogP contribution in [0.4, 0.5) is 4.79 Å². The fourth-order valence-electron chi connectivity index (χ4n) is 0.814. The third-order valence-electron chi connectivity index (χ3n) is 1.42. The fraction of sp³-hybridized carbons (Fsp3) is 0.143. The largest absolute Gasteiger partial charge is 0.477 e. The number of amides is 1. The third-order valence-corrected chi connectivity index (χ3v) is 2.99. The average molecular weight is 236 g/mol. The molecule has 0 atom stereocenters. The monoisotopic (exact) mass is 235 g/mol. The van der Waals surface area contributed by atoms with Crippen molar-refractivity contribution in [3.8, 4) is 0 Å². The number of carboxylic acid groups (broad SMARTS) is 2. The molecule has 1 amide bonds. The normalized spacial score (nSPS) is 9.79. The summed E-state index contributed by atoms with van der Waals surface area (Å²) in [4.78, 5) is 20.7. The molecule has 0 aliphatic rings. The Labute approximate surface area is 87.9 Å². The molecule has 0 radical (unpaired) electrons. The summed E-state index contributed by atoms with van der Waals surface area (Å²) >= 11 is 6.67. The number of hydrogen-bond acceptors (Lipinski definition) is 3. The van der Waals surface area contributed by atoms with E-state index in [0.717, 1.165) is 11.3 Å². The Morgan fingerprint density at radius 2 is 2.14 bits per heavy atom. The molecule has 1 aromatic heterocycles. The standard InChI is InChI=1S/C7H6ClNO4S/c8-4-3(1-9-7(12)13)2-14-5(4)6(10)11/h2,9H,1H2,(H,10,11)(H,12,13). The Kier molecular flexibility index (Phi) is 3.32. The van der Waals surface area contributed by atoms with Crippen LogP contribution in [0.15, 0.2) is 5.38 Å². The number of nitrogens with one attached hydrogen (secondary N) is 1. The maximum absolute atomic E-state index is 10.6. The number of carbonyl (C=O) groups is 2. The van der Waals surface area contributed by atoms with Crippen LogP contribution in [0.3, 0.4) is 0 Å². The van der Waals surface area contributed by atoms with E-state index in [9.17, 15) is 9.59 Å². The number of rotatable bonds is 3. The number of halogens is 1. The summed E-state index contributed by atoms with van der Waals surface area (Å²) in [6.07, 6.45) is -1.18. The van der Waals surface area contributed by atoms with Crippen LogP contribution < -0.4 is 5.32 Å². The molecule has 1 rings (SSSR count). The van der Waals surface area contributed by atoms with Gasteiger partial charge in [-0.05, 0) is 5.38 Å². The van der Waals surface area contributed by atoms with Crippen molar-refractivity contribution in [3.05, 3.63) is 20.8 Å². The minimum Gasteiger partial charge on any atom is -0.477 e. The highest BCUT2D eigenvalue weighted by Crippen LogP contribution is 2.27. The first-order chi connectivity index (χ1) is 6.52. The zero-order valence-corrected chi connectivity index (χ0v) is 8.35. The quantitative estimate of drug-likeness (QED) is 0.746. The molecule has 14 heavy (non-hydrogen) atoms. The van der Waals surface area contributed by atoms with Crippen LogP contribution >= 0.6 is 22.9 Å². The van der Waals surface area contributed by atoms with Crippen LogP contribution in [0.25, 0.3) is 0 Å². The SMILES string of the molecule is O=C(O)NCc1csc(C(=O)O)c1Cl. The lowest BCUT2D eigenvalue weighted by Gasteiger charge is -1.98.